The van der Waals surface area contributed by atoms with Gasteiger partial charge in [-0.1, -0.05) is 101 Å². The fourth-order valence-electron chi connectivity index (χ4n) is 8.30. The quantitative estimate of drug-likeness (QED) is 0.0789. The molecule has 2 heterocycles. The van der Waals surface area contributed by atoms with Gasteiger partial charge in [0.1, 0.15) is 29.0 Å². The van der Waals surface area contributed by atoms with E-state index in [-0.39, 0.29) is 23.5 Å². The largest absolute Gasteiger partial charge is 0.429 e. The van der Waals surface area contributed by atoms with Gasteiger partial charge in [-0.3, -0.25) is 23.2 Å². The molecule has 6 aromatic rings. The molecule has 2 fully saturated rings. The lowest BCUT2D eigenvalue weighted by Crippen LogP contribution is -2.61. The SMILES string of the molecule is CS(=O)(=O)N(c1cc(F)cc(F)c1)C1CN([C@@H](c2ccccc2)c2ccc(Br)cc2)C1.CS(=O)(=O)N(c1cc(F)cc(F)c1)C1CN([C@@H](c2ccccc2)c2ccc(OC=O)cc2)C1. The van der Waals surface area contributed by atoms with E-state index in [1.807, 2.05) is 97.1 Å². The lowest BCUT2D eigenvalue weighted by molar-refractivity contribution is -0.120. The molecule has 2 aliphatic rings. The summed E-state index contributed by atoms with van der Waals surface area (Å²) in [6.07, 6.45) is 2.08. The number of benzene rings is 6. The van der Waals surface area contributed by atoms with Crippen LogP contribution in [0.3, 0.4) is 0 Å². The van der Waals surface area contributed by atoms with E-state index >= 15 is 0 Å². The van der Waals surface area contributed by atoms with Gasteiger partial charge in [0.25, 0.3) is 6.47 Å². The Morgan fingerprint density at radius 2 is 0.875 bits per heavy atom. The smallest absolute Gasteiger partial charge is 0.298 e. The number of halogens is 5. The summed E-state index contributed by atoms with van der Waals surface area (Å²) < 4.78 is 113. The highest BCUT2D eigenvalue weighted by Crippen LogP contribution is 2.38. The average molecular weight is 980 g/mol. The zero-order valence-electron chi connectivity index (χ0n) is 34.5. The summed E-state index contributed by atoms with van der Waals surface area (Å²) in [6.45, 7) is 1.94. The molecule has 0 spiro atoms. The van der Waals surface area contributed by atoms with Crippen LogP contribution in [0.1, 0.15) is 34.3 Å². The first kappa shape index (κ1) is 46.4. The van der Waals surface area contributed by atoms with E-state index in [0.29, 0.717) is 44.5 Å². The van der Waals surface area contributed by atoms with Crippen LogP contribution >= 0.6 is 15.9 Å². The Labute approximate surface area is 378 Å². The predicted molar refractivity (Wildman–Crippen MR) is 242 cm³/mol. The Bertz CT molecular complexity index is 2740. The van der Waals surface area contributed by atoms with E-state index in [2.05, 4.69) is 25.7 Å². The lowest BCUT2D eigenvalue weighted by Gasteiger charge is -2.48. The van der Waals surface area contributed by atoms with Gasteiger partial charge in [-0.2, -0.15) is 0 Å². The van der Waals surface area contributed by atoms with Crippen molar-refractivity contribution < 1.29 is 43.9 Å². The minimum atomic E-state index is -3.78. The topological polar surface area (TPSA) is 108 Å². The van der Waals surface area contributed by atoms with Gasteiger partial charge in [0, 0.05) is 42.8 Å². The lowest BCUT2D eigenvalue weighted by atomic mass is 9.93. The van der Waals surface area contributed by atoms with E-state index in [0.717, 1.165) is 78.2 Å². The fraction of sp³-hybridized carbons (Fsp3) is 0.213. The molecule has 0 N–H and O–H groups in total. The summed E-state index contributed by atoms with van der Waals surface area (Å²) in [4.78, 5) is 14.8. The molecule has 2 saturated heterocycles. The van der Waals surface area contributed by atoms with E-state index in [4.69, 9.17) is 4.74 Å². The number of ether oxygens (including phenoxy) is 1. The maximum atomic E-state index is 13.8. The van der Waals surface area contributed by atoms with Crippen LogP contribution in [0.25, 0.3) is 0 Å². The highest BCUT2D eigenvalue weighted by molar-refractivity contribution is 9.10. The van der Waals surface area contributed by atoms with Crippen LogP contribution in [-0.4, -0.2) is 83.9 Å². The Morgan fingerprint density at radius 1 is 0.547 bits per heavy atom. The second kappa shape index (κ2) is 19.7. The minimum absolute atomic E-state index is 0.00422. The van der Waals surface area contributed by atoms with Gasteiger partial charge >= 0.3 is 0 Å². The van der Waals surface area contributed by atoms with Crippen molar-refractivity contribution in [3.8, 4) is 5.75 Å². The van der Waals surface area contributed by atoms with Crippen LogP contribution < -0.4 is 13.3 Å². The average Bonchev–Trinajstić information content (AvgIpc) is 3.20. The molecule has 17 heteroatoms. The van der Waals surface area contributed by atoms with Crippen LogP contribution in [0.5, 0.6) is 5.75 Å². The zero-order chi connectivity index (χ0) is 45.8. The number of hydrogen-bond donors (Lipinski definition) is 0. The molecule has 2 aliphatic heterocycles. The molecule has 64 heavy (non-hydrogen) atoms. The van der Waals surface area contributed by atoms with Crippen LogP contribution in [0.4, 0.5) is 28.9 Å². The van der Waals surface area contributed by atoms with E-state index in [9.17, 15) is 39.2 Å². The first-order valence-corrected chi connectivity index (χ1v) is 24.4. The third-order valence-corrected chi connectivity index (χ3v) is 13.9. The molecule has 0 radical (unpaired) electrons. The van der Waals surface area contributed by atoms with Crippen molar-refractivity contribution in [2.45, 2.75) is 24.2 Å². The number of sulfonamides is 2. The molecule has 6 aromatic carbocycles. The molecule has 0 bridgehead atoms. The second-order valence-corrected chi connectivity index (χ2v) is 20.2. The number of hydrogen-bond acceptors (Lipinski definition) is 8. The third kappa shape index (κ3) is 11.0. The van der Waals surface area contributed by atoms with Crippen LogP contribution in [-0.2, 0) is 24.8 Å². The molecule has 0 aliphatic carbocycles. The number of carbonyl (C=O) groups is 1. The molecule has 0 aromatic heterocycles. The van der Waals surface area contributed by atoms with E-state index in [1.165, 1.54) is 0 Å². The van der Waals surface area contributed by atoms with Gasteiger partial charge in [-0.15, -0.1) is 0 Å². The summed E-state index contributed by atoms with van der Waals surface area (Å²) >= 11 is 3.46. The number of nitrogens with zero attached hydrogens (tertiary/aromatic N) is 4. The monoisotopic (exact) mass is 978 g/mol. The van der Waals surface area contributed by atoms with Crippen LogP contribution in [0.2, 0.25) is 0 Å². The Hall–Kier alpha value is -5.59. The molecular formula is C47H43BrF4N4O6S2. The molecule has 10 nitrogen and oxygen atoms in total. The van der Waals surface area contributed by atoms with E-state index < -0.39 is 55.4 Å². The summed E-state index contributed by atoms with van der Waals surface area (Å²) in [6, 6.07) is 39.2. The summed E-state index contributed by atoms with van der Waals surface area (Å²) in [5.74, 6) is -2.88. The van der Waals surface area contributed by atoms with Gasteiger partial charge < -0.3 is 4.74 Å². The normalized spacial score (nSPS) is 15.7. The zero-order valence-corrected chi connectivity index (χ0v) is 37.7. The highest BCUT2D eigenvalue weighted by Gasteiger charge is 2.42. The van der Waals surface area contributed by atoms with Crippen molar-refractivity contribution in [1.29, 1.82) is 0 Å². The Kier molecular flexibility index (Phi) is 14.3. The van der Waals surface area contributed by atoms with Gasteiger partial charge in [0.2, 0.25) is 20.0 Å². The first-order chi connectivity index (χ1) is 30.5. The summed E-state index contributed by atoms with van der Waals surface area (Å²) in [5.41, 5.74) is 4.07. The van der Waals surface area contributed by atoms with Crippen molar-refractivity contribution in [3.63, 3.8) is 0 Å². The van der Waals surface area contributed by atoms with Crippen molar-refractivity contribution in [2.75, 3.05) is 47.3 Å². The minimum Gasteiger partial charge on any atom is -0.429 e. The fourth-order valence-corrected chi connectivity index (χ4v) is 10.9. The predicted octanol–water partition coefficient (Wildman–Crippen LogP) is 8.71. The van der Waals surface area contributed by atoms with Crippen molar-refractivity contribution in [3.05, 3.63) is 196 Å². The number of rotatable bonds is 14. The molecule has 0 unspecified atom stereocenters. The molecule has 2 atom stereocenters. The van der Waals surface area contributed by atoms with Gasteiger partial charge in [0.05, 0.1) is 48.1 Å². The Balaban J connectivity index is 0.000000192. The number of anilines is 2. The number of carbonyl (C=O) groups excluding carboxylic acids is 1. The van der Waals surface area contributed by atoms with Gasteiger partial charge in [-0.05, 0) is 70.8 Å². The Morgan fingerprint density at radius 3 is 1.20 bits per heavy atom. The third-order valence-electron chi connectivity index (χ3n) is 10.9. The van der Waals surface area contributed by atoms with Gasteiger partial charge in [0.15, 0.2) is 0 Å². The van der Waals surface area contributed by atoms with Crippen LogP contribution in [0, 0.1) is 23.3 Å². The van der Waals surface area contributed by atoms with Crippen LogP contribution in [0.15, 0.2) is 150 Å². The van der Waals surface area contributed by atoms with Crippen molar-refractivity contribution in [1.82, 2.24) is 9.80 Å². The summed E-state index contributed by atoms with van der Waals surface area (Å²) in [7, 11) is -7.51. The van der Waals surface area contributed by atoms with Crippen molar-refractivity contribution in [2.24, 2.45) is 0 Å². The standard InChI is InChI=1S/C24H22F2N2O4S.C23H21BrF2N2O2S/c1-33(30,31)28(21-12-19(25)11-20(26)13-21)22-14-27(15-22)24(17-5-3-2-4-6-17)18-7-9-23(10-8-18)32-16-29;1-31(29,30)28(21-12-19(25)11-20(26)13-21)22-14-27(15-22)23(16-5-3-2-4-6-16)17-7-9-18(24)10-8-17/h2-13,16,22,24H,14-15H2,1H3;2-13,22-23H,14-15H2,1H3/t24-;23-/m00/s1. The van der Waals surface area contributed by atoms with Crippen molar-refractivity contribution >= 4 is 53.8 Å². The molecular weight excluding hydrogens is 937 g/mol. The second-order valence-electron chi connectivity index (χ2n) is 15.5. The molecule has 334 valence electrons. The maximum absolute atomic E-state index is 13.8. The van der Waals surface area contributed by atoms with Gasteiger partial charge in [-0.25, -0.2) is 34.4 Å². The highest BCUT2D eigenvalue weighted by atomic mass is 79.9. The summed E-state index contributed by atoms with van der Waals surface area (Å²) in [5, 5.41) is 0. The molecule has 8 rings (SSSR count). The molecule has 0 amide bonds. The number of likely N-dealkylation sites (tertiary alicyclic amines) is 2. The molecule has 0 saturated carbocycles. The first-order valence-electron chi connectivity index (χ1n) is 19.9. The van der Waals surface area contributed by atoms with E-state index in [1.54, 1.807) is 12.1 Å². The maximum Gasteiger partial charge on any atom is 0.298 e.